The molecule has 0 saturated carbocycles. The standard InChI is InChI=1S/C15H16FN5O5/c16-9-1-3-10(4-2-9)19-5-7-20(8-6-19)14(23)11-12(21(25)26)13(22)18-15(24)17-11/h1-4,11-12H,5-8H2,(H2,17,18,22,24). The summed E-state index contributed by atoms with van der Waals surface area (Å²) in [5.74, 6) is -2.13. The maximum Gasteiger partial charge on any atom is 0.322 e. The maximum absolute atomic E-state index is 13.0. The van der Waals surface area contributed by atoms with Crippen molar-refractivity contribution in [2.45, 2.75) is 12.1 Å². The number of halogens is 1. The van der Waals surface area contributed by atoms with Gasteiger partial charge in [-0.2, -0.15) is 0 Å². The summed E-state index contributed by atoms with van der Waals surface area (Å²) in [6, 6.07) is 1.59. The Hall–Kier alpha value is -3.24. The van der Waals surface area contributed by atoms with Crippen LogP contribution >= 0.6 is 0 Å². The van der Waals surface area contributed by atoms with Gasteiger partial charge in [0.2, 0.25) is 0 Å². The third-order valence-electron chi connectivity index (χ3n) is 4.38. The molecule has 0 bridgehead atoms. The van der Waals surface area contributed by atoms with Crippen LogP contribution in [0.3, 0.4) is 0 Å². The maximum atomic E-state index is 13.0. The van der Waals surface area contributed by atoms with Gasteiger partial charge in [-0.05, 0) is 24.3 Å². The fraction of sp³-hybridized carbons (Fsp3) is 0.400. The lowest BCUT2D eigenvalue weighted by atomic mass is 10.0. The molecule has 4 amide bonds. The molecule has 0 radical (unpaired) electrons. The Morgan fingerprint density at radius 1 is 1.15 bits per heavy atom. The number of imide groups is 1. The van der Waals surface area contributed by atoms with Crippen LogP contribution in [0.5, 0.6) is 0 Å². The van der Waals surface area contributed by atoms with Crippen LogP contribution < -0.4 is 15.5 Å². The van der Waals surface area contributed by atoms with Crippen molar-refractivity contribution in [3.05, 3.63) is 40.2 Å². The van der Waals surface area contributed by atoms with E-state index in [4.69, 9.17) is 0 Å². The molecule has 2 aliphatic heterocycles. The highest BCUT2D eigenvalue weighted by Gasteiger charge is 2.49. The minimum Gasteiger partial charge on any atom is -0.368 e. The highest BCUT2D eigenvalue weighted by molar-refractivity contribution is 6.05. The van der Waals surface area contributed by atoms with Gasteiger partial charge >= 0.3 is 18.0 Å². The van der Waals surface area contributed by atoms with Gasteiger partial charge in [0.05, 0.1) is 0 Å². The normalized spacial score (nSPS) is 23.3. The van der Waals surface area contributed by atoms with Crippen LogP contribution in [0.2, 0.25) is 0 Å². The van der Waals surface area contributed by atoms with Crippen LogP contribution in [0.15, 0.2) is 24.3 Å². The Labute approximate surface area is 147 Å². The minimum absolute atomic E-state index is 0.259. The summed E-state index contributed by atoms with van der Waals surface area (Å²) >= 11 is 0. The molecule has 3 rings (SSSR count). The lowest BCUT2D eigenvalue weighted by Crippen LogP contribution is -2.69. The highest BCUT2D eigenvalue weighted by atomic mass is 19.1. The molecule has 0 spiro atoms. The number of hydrogen-bond donors (Lipinski definition) is 2. The summed E-state index contributed by atoms with van der Waals surface area (Å²) in [6.45, 7) is 1.39. The molecule has 2 heterocycles. The van der Waals surface area contributed by atoms with E-state index in [0.29, 0.717) is 13.1 Å². The molecule has 0 aliphatic carbocycles. The van der Waals surface area contributed by atoms with Crippen LogP contribution in [0, 0.1) is 15.9 Å². The second-order valence-corrected chi connectivity index (χ2v) is 5.96. The van der Waals surface area contributed by atoms with Gasteiger partial charge in [0.25, 0.3) is 5.91 Å². The fourth-order valence-electron chi connectivity index (χ4n) is 3.04. The first-order valence-corrected chi connectivity index (χ1v) is 7.91. The van der Waals surface area contributed by atoms with E-state index in [2.05, 4.69) is 5.32 Å². The number of piperazine rings is 1. The summed E-state index contributed by atoms with van der Waals surface area (Å²) in [5, 5.41) is 15.1. The quantitative estimate of drug-likeness (QED) is 0.541. The van der Waals surface area contributed by atoms with Gasteiger partial charge in [0, 0.05) is 36.8 Å². The monoisotopic (exact) mass is 365 g/mol. The van der Waals surface area contributed by atoms with Crippen LogP contribution in [0.1, 0.15) is 0 Å². The number of nitrogens with zero attached hydrogens (tertiary/aromatic N) is 3. The molecule has 2 saturated heterocycles. The number of nitro groups is 1. The number of rotatable bonds is 3. The van der Waals surface area contributed by atoms with Crippen LogP contribution in [0.4, 0.5) is 14.9 Å². The largest absolute Gasteiger partial charge is 0.368 e. The summed E-state index contributed by atoms with van der Waals surface area (Å²) in [7, 11) is 0. The number of benzene rings is 1. The molecule has 0 aromatic heterocycles. The summed E-state index contributed by atoms with van der Waals surface area (Å²) in [5.41, 5.74) is 0.798. The van der Waals surface area contributed by atoms with E-state index in [9.17, 15) is 28.9 Å². The predicted molar refractivity (Wildman–Crippen MR) is 86.4 cm³/mol. The minimum atomic E-state index is -1.87. The van der Waals surface area contributed by atoms with E-state index in [1.54, 1.807) is 17.4 Å². The van der Waals surface area contributed by atoms with Gasteiger partial charge in [0.1, 0.15) is 5.82 Å². The van der Waals surface area contributed by atoms with Crippen molar-refractivity contribution in [2.75, 3.05) is 31.1 Å². The lowest BCUT2D eigenvalue weighted by molar-refractivity contribution is -0.510. The number of anilines is 1. The average Bonchev–Trinajstić information content (AvgIpc) is 2.61. The molecule has 2 aliphatic rings. The summed E-state index contributed by atoms with van der Waals surface area (Å²) in [4.78, 5) is 49.3. The zero-order valence-corrected chi connectivity index (χ0v) is 13.6. The Balaban J connectivity index is 1.67. The first-order valence-electron chi connectivity index (χ1n) is 7.91. The number of urea groups is 1. The third-order valence-corrected chi connectivity index (χ3v) is 4.38. The van der Waals surface area contributed by atoms with E-state index in [0.717, 1.165) is 5.69 Å². The molecule has 10 nitrogen and oxygen atoms in total. The molecule has 26 heavy (non-hydrogen) atoms. The molecule has 2 N–H and O–H groups in total. The average molecular weight is 365 g/mol. The van der Waals surface area contributed by atoms with E-state index in [1.165, 1.54) is 17.0 Å². The summed E-state index contributed by atoms with van der Waals surface area (Å²) < 4.78 is 13.0. The van der Waals surface area contributed by atoms with Crippen molar-refractivity contribution in [2.24, 2.45) is 0 Å². The SMILES string of the molecule is O=C1NC(=O)C([N+](=O)[O-])C(C(=O)N2CCN(c3ccc(F)cc3)CC2)N1. The topological polar surface area (TPSA) is 125 Å². The molecule has 1 aromatic carbocycles. The van der Waals surface area contributed by atoms with Gasteiger partial charge < -0.3 is 15.1 Å². The first-order chi connectivity index (χ1) is 12.4. The lowest BCUT2D eigenvalue weighted by Gasteiger charge is -2.38. The number of nitrogens with one attached hydrogen (secondary N) is 2. The van der Waals surface area contributed by atoms with E-state index in [-0.39, 0.29) is 18.9 Å². The van der Waals surface area contributed by atoms with Crippen molar-refractivity contribution in [1.29, 1.82) is 0 Å². The zero-order valence-electron chi connectivity index (χ0n) is 13.6. The molecule has 1 aromatic rings. The van der Waals surface area contributed by atoms with Gasteiger partial charge in [-0.3, -0.25) is 25.0 Å². The second-order valence-electron chi connectivity index (χ2n) is 5.96. The third kappa shape index (κ3) is 3.41. The summed E-state index contributed by atoms with van der Waals surface area (Å²) in [6.07, 6.45) is 0. The molecule has 11 heteroatoms. The molecule has 138 valence electrons. The van der Waals surface area contributed by atoms with E-state index in [1.807, 2.05) is 4.90 Å². The number of carbonyl (C=O) groups is 3. The van der Waals surface area contributed by atoms with Gasteiger partial charge in [-0.15, -0.1) is 0 Å². The molecular weight excluding hydrogens is 349 g/mol. The van der Waals surface area contributed by atoms with Crippen molar-refractivity contribution in [3.63, 3.8) is 0 Å². The number of hydrogen-bond acceptors (Lipinski definition) is 6. The van der Waals surface area contributed by atoms with Gasteiger partial charge in [0.15, 0.2) is 6.04 Å². The van der Waals surface area contributed by atoms with Crippen LogP contribution in [-0.4, -0.2) is 65.9 Å². The Kier molecular flexibility index (Phi) is 4.69. The second kappa shape index (κ2) is 6.94. The molecule has 2 atom stereocenters. The zero-order chi connectivity index (χ0) is 18.8. The fourth-order valence-corrected chi connectivity index (χ4v) is 3.04. The van der Waals surface area contributed by atoms with Gasteiger partial charge in [-0.25, -0.2) is 9.18 Å². The first kappa shape index (κ1) is 17.6. The predicted octanol–water partition coefficient (Wildman–Crippen LogP) is -0.672. The Morgan fingerprint density at radius 2 is 1.77 bits per heavy atom. The van der Waals surface area contributed by atoms with Crippen molar-refractivity contribution in [1.82, 2.24) is 15.5 Å². The van der Waals surface area contributed by atoms with Gasteiger partial charge in [-0.1, -0.05) is 0 Å². The smallest absolute Gasteiger partial charge is 0.322 e. The number of amides is 4. The van der Waals surface area contributed by atoms with Crippen molar-refractivity contribution >= 4 is 23.5 Å². The van der Waals surface area contributed by atoms with Crippen molar-refractivity contribution < 1.29 is 23.7 Å². The van der Waals surface area contributed by atoms with E-state index < -0.39 is 34.9 Å². The van der Waals surface area contributed by atoms with Crippen LogP contribution in [0.25, 0.3) is 0 Å². The number of carbonyl (C=O) groups excluding carboxylic acids is 3. The molecule has 2 fully saturated rings. The van der Waals surface area contributed by atoms with Crippen LogP contribution in [-0.2, 0) is 9.59 Å². The Morgan fingerprint density at radius 3 is 2.35 bits per heavy atom. The van der Waals surface area contributed by atoms with E-state index >= 15 is 0 Å². The van der Waals surface area contributed by atoms with Crippen molar-refractivity contribution in [3.8, 4) is 0 Å². The molecule has 2 unspecified atom stereocenters. The Bertz CT molecular complexity index is 747. The molecular formula is C15H16FN5O5. The highest BCUT2D eigenvalue weighted by Crippen LogP contribution is 2.18.